The molecule has 3 rings (SSSR count). The van der Waals surface area contributed by atoms with Gasteiger partial charge in [-0.1, -0.05) is 36.4 Å². The van der Waals surface area contributed by atoms with Gasteiger partial charge in [0.15, 0.2) is 0 Å². The normalized spacial score (nSPS) is 16.2. The van der Waals surface area contributed by atoms with Gasteiger partial charge in [0.2, 0.25) is 15.9 Å². The van der Waals surface area contributed by atoms with Crippen molar-refractivity contribution in [3.63, 3.8) is 0 Å². The fourth-order valence-corrected chi connectivity index (χ4v) is 4.59. The van der Waals surface area contributed by atoms with Crippen LogP contribution in [0.5, 0.6) is 0 Å². The molecule has 0 heterocycles. The fourth-order valence-electron chi connectivity index (χ4n) is 3.44. The van der Waals surface area contributed by atoms with Crippen molar-refractivity contribution in [3.8, 4) is 6.07 Å². The Kier molecular flexibility index (Phi) is 6.12. The van der Waals surface area contributed by atoms with Crippen molar-refractivity contribution in [1.29, 1.82) is 5.26 Å². The second-order valence-electron chi connectivity index (χ2n) is 7.03. The first kappa shape index (κ1) is 20.1. The lowest BCUT2D eigenvalue weighted by Crippen LogP contribution is -2.40. The second kappa shape index (κ2) is 8.55. The van der Waals surface area contributed by atoms with Crippen LogP contribution in [-0.2, 0) is 27.0 Å². The Morgan fingerprint density at radius 1 is 1.21 bits per heavy atom. The highest BCUT2D eigenvalue weighted by atomic mass is 32.2. The van der Waals surface area contributed by atoms with Crippen molar-refractivity contribution in [2.24, 2.45) is 0 Å². The molecule has 0 fully saturated rings. The molecule has 1 aliphatic rings. The van der Waals surface area contributed by atoms with Crippen LogP contribution in [0.1, 0.15) is 41.1 Å². The van der Waals surface area contributed by atoms with Gasteiger partial charge >= 0.3 is 0 Å². The van der Waals surface area contributed by atoms with Gasteiger partial charge in [-0.15, -0.1) is 0 Å². The summed E-state index contributed by atoms with van der Waals surface area (Å²) in [5, 5.41) is 11.8. The molecule has 0 saturated heterocycles. The molecule has 0 aliphatic heterocycles. The van der Waals surface area contributed by atoms with Gasteiger partial charge in [-0.25, -0.2) is 8.42 Å². The first-order valence-corrected chi connectivity index (χ1v) is 10.8. The standard InChI is InChI=1S/C21H23N3O3S/c1-24(28(26,27)15-17-11-9-16(13-22)10-12-17)14-21(25)23-20-8-4-6-18-5-2-3-7-19(18)20/h2-3,5,7,9-12,20H,4,6,8,14-15H2,1H3,(H,23,25). The number of fused-ring (bicyclic) bond motifs is 1. The van der Waals surface area contributed by atoms with Crippen LogP contribution in [0.4, 0.5) is 0 Å². The number of amides is 1. The van der Waals surface area contributed by atoms with Crippen LogP contribution in [-0.4, -0.2) is 32.2 Å². The van der Waals surface area contributed by atoms with Crippen molar-refractivity contribution >= 4 is 15.9 Å². The molecule has 2 aromatic carbocycles. The van der Waals surface area contributed by atoms with Gasteiger partial charge in [0.25, 0.3) is 0 Å². The maximum atomic E-state index is 12.6. The maximum absolute atomic E-state index is 12.6. The average molecular weight is 398 g/mol. The Labute approximate surface area is 165 Å². The van der Waals surface area contributed by atoms with Crippen LogP contribution in [0.3, 0.4) is 0 Å². The van der Waals surface area contributed by atoms with Crippen molar-refractivity contribution < 1.29 is 13.2 Å². The molecule has 6 nitrogen and oxygen atoms in total. The summed E-state index contributed by atoms with van der Waals surface area (Å²) in [5.74, 6) is -0.526. The predicted octanol–water partition coefficient (Wildman–Crippen LogP) is 2.51. The highest BCUT2D eigenvalue weighted by Crippen LogP contribution is 2.29. The molecule has 0 saturated carbocycles. The van der Waals surface area contributed by atoms with E-state index >= 15 is 0 Å². The molecule has 28 heavy (non-hydrogen) atoms. The number of hydrogen-bond acceptors (Lipinski definition) is 4. The molecule has 1 amide bonds. The summed E-state index contributed by atoms with van der Waals surface area (Å²) in [7, 11) is -2.23. The van der Waals surface area contributed by atoms with E-state index in [1.807, 2.05) is 24.3 Å². The topological polar surface area (TPSA) is 90.3 Å². The van der Waals surface area contributed by atoms with Crippen LogP contribution < -0.4 is 5.32 Å². The molecule has 2 aromatic rings. The number of hydrogen-bond donors (Lipinski definition) is 1. The molecular formula is C21H23N3O3S. The van der Waals surface area contributed by atoms with Gasteiger partial charge in [-0.3, -0.25) is 4.79 Å². The third kappa shape index (κ3) is 4.77. The van der Waals surface area contributed by atoms with E-state index in [0.29, 0.717) is 11.1 Å². The Balaban J connectivity index is 1.61. The second-order valence-corrected chi connectivity index (χ2v) is 9.11. The number of aryl methyl sites for hydroxylation is 1. The third-order valence-electron chi connectivity index (χ3n) is 4.98. The zero-order valence-corrected chi connectivity index (χ0v) is 16.6. The zero-order valence-electron chi connectivity index (χ0n) is 15.8. The summed E-state index contributed by atoms with van der Waals surface area (Å²) >= 11 is 0. The van der Waals surface area contributed by atoms with Crippen molar-refractivity contribution in [1.82, 2.24) is 9.62 Å². The molecule has 1 aliphatic carbocycles. The van der Waals surface area contributed by atoms with E-state index in [9.17, 15) is 13.2 Å². The number of nitrogens with zero attached hydrogens (tertiary/aromatic N) is 2. The molecule has 0 bridgehead atoms. The van der Waals surface area contributed by atoms with Gasteiger partial charge in [0, 0.05) is 7.05 Å². The molecule has 1 N–H and O–H groups in total. The molecule has 7 heteroatoms. The van der Waals surface area contributed by atoms with E-state index in [1.165, 1.54) is 12.6 Å². The molecule has 0 radical (unpaired) electrons. The smallest absolute Gasteiger partial charge is 0.235 e. The number of carbonyl (C=O) groups excluding carboxylic acids is 1. The van der Waals surface area contributed by atoms with Gasteiger partial charge in [0.1, 0.15) is 0 Å². The summed E-state index contributed by atoms with van der Waals surface area (Å²) in [6.07, 6.45) is 2.85. The fraction of sp³-hybridized carbons (Fsp3) is 0.333. The number of carbonyl (C=O) groups is 1. The van der Waals surface area contributed by atoms with E-state index in [1.54, 1.807) is 24.3 Å². The monoisotopic (exact) mass is 397 g/mol. The lowest BCUT2D eigenvalue weighted by Gasteiger charge is -2.27. The number of nitriles is 1. The maximum Gasteiger partial charge on any atom is 0.235 e. The van der Waals surface area contributed by atoms with Crippen LogP contribution in [0, 0.1) is 11.3 Å². The lowest BCUT2D eigenvalue weighted by molar-refractivity contribution is -0.122. The minimum absolute atomic E-state index is 0.0768. The van der Waals surface area contributed by atoms with Crippen LogP contribution in [0.25, 0.3) is 0 Å². The Morgan fingerprint density at radius 3 is 2.64 bits per heavy atom. The predicted molar refractivity (Wildman–Crippen MR) is 107 cm³/mol. The molecule has 0 spiro atoms. The summed E-state index contributed by atoms with van der Waals surface area (Å²) < 4.78 is 26.2. The summed E-state index contributed by atoms with van der Waals surface area (Å²) in [6, 6.07) is 16.4. The average Bonchev–Trinajstić information content (AvgIpc) is 2.68. The van der Waals surface area contributed by atoms with Crippen molar-refractivity contribution in [2.45, 2.75) is 31.1 Å². The Hall–Kier alpha value is -2.69. The highest BCUT2D eigenvalue weighted by Gasteiger charge is 2.25. The van der Waals surface area contributed by atoms with E-state index in [2.05, 4.69) is 11.4 Å². The zero-order chi connectivity index (χ0) is 20.1. The highest BCUT2D eigenvalue weighted by molar-refractivity contribution is 7.88. The molecule has 1 unspecified atom stereocenters. The van der Waals surface area contributed by atoms with Gasteiger partial charge < -0.3 is 5.32 Å². The number of rotatable bonds is 6. The summed E-state index contributed by atoms with van der Waals surface area (Å²) in [6.45, 7) is -0.225. The van der Waals surface area contributed by atoms with E-state index in [4.69, 9.17) is 5.26 Å². The number of nitrogens with one attached hydrogen (secondary N) is 1. The Bertz CT molecular complexity index is 994. The number of likely N-dealkylation sites (N-methyl/N-ethyl adjacent to an activating group) is 1. The first-order chi connectivity index (χ1) is 13.4. The molecule has 1 atom stereocenters. The number of benzene rings is 2. The van der Waals surface area contributed by atoms with E-state index < -0.39 is 10.0 Å². The minimum Gasteiger partial charge on any atom is -0.348 e. The van der Waals surface area contributed by atoms with Crippen LogP contribution in [0.15, 0.2) is 48.5 Å². The summed E-state index contributed by atoms with van der Waals surface area (Å²) in [5.41, 5.74) is 3.40. The largest absolute Gasteiger partial charge is 0.348 e. The summed E-state index contributed by atoms with van der Waals surface area (Å²) in [4.78, 5) is 12.5. The SMILES string of the molecule is CN(CC(=O)NC1CCCc2ccccc21)S(=O)(=O)Cc1ccc(C#N)cc1. The van der Waals surface area contributed by atoms with Gasteiger partial charge in [0.05, 0.1) is 30.0 Å². The van der Waals surface area contributed by atoms with E-state index in [-0.39, 0.29) is 24.2 Å². The molecular weight excluding hydrogens is 374 g/mol. The molecule has 0 aromatic heterocycles. The minimum atomic E-state index is -3.64. The van der Waals surface area contributed by atoms with Crippen molar-refractivity contribution in [3.05, 3.63) is 70.8 Å². The Morgan fingerprint density at radius 2 is 1.93 bits per heavy atom. The van der Waals surface area contributed by atoms with Crippen LogP contribution in [0.2, 0.25) is 0 Å². The van der Waals surface area contributed by atoms with Crippen LogP contribution >= 0.6 is 0 Å². The van der Waals surface area contributed by atoms with E-state index in [0.717, 1.165) is 29.1 Å². The van der Waals surface area contributed by atoms with Gasteiger partial charge in [-0.05, 0) is 48.1 Å². The van der Waals surface area contributed by atoms with Gasteiger partial charge in [-0.2, -0.15) is 9.57 Å². The van der Waals surface area contributed by atoms with Crippen molar-refractivity contribution in [2.75, 3.05) is 13.6 Å². The third-order valence-corrected chi connectivity index (χ3v) is 6.75. The number of sulfonamides is 1. The lowest BCUT2D eigenvalue weighted by atomic mass is 9.88. The first-order valence-electron chi connectivity index (χ1n) is 9.19. The quantitative estimate of drug-likeness (QED) is 0.811. The molecule has 146 valence electrons.